The predicted octanol–water partition coefficient (Wildman–Crippen LogP) is 2.73. The number of rotatable bonds is 1. The first-order valence-corrected chi connectivity index (χ1v) is 6.72. The second-order valence-electron chi connectivity index (χ2n) is 6.87. The zero-order valence-electron chi connectivity index (χ0n) is 12.8. The van der Waals surface area contributed by atoms with E-state index >= 15 is 0 Å². The predicted molar refractivity (Wildman–Crippen MR) is 71.8 cm³/mol. The molecule has 110 valence electrons. The van der Waals surface area contributed by atoms with Crippen LogP contribution in [0.4, 0.5) is 4.79 Å². The molecule has 0 N–H and O–H groups in total. The number of hydrogen-bond donors (Lipinski definition) is 0. The van der Waals surface area contributed by atoms with Crippen LogP contribution >= 0.6 is 0 Å². The van der Waals surface area contributed by atoms with Crippen molar-refractivity contribution in [2.24, 2.45) is 0 Å². The maximum Gasteiger partial charge on any atom is 0.411 e. The van der Waals surface area contributed by atoms with Crippen molar-refractivity contribution >= 4 is 12.1 Å². The van der Waals surface area contributed by atoms with E-state index in [2.05, 4.69) is 0 Å². The van der Waals surface area contributed by atoms with Crippen LogP contribution in [-0.2, 0) is 14.3 Å². The van der Waals surface area contributed by atoms with E-state index in [0.29, 0.717) is 13.0 Å². The number of nitrogens with zero attached hydrogens (tertiary/aromatic N) is 1. The Morgan fingerprint density at radius 3 is 2.00 bits per heavy atom. The molecule has 0 bridgehead atoms. The first-order chi connectivity index (χ1) is 8.49. The lowest BCUT2D eigenvalue weighted by atomic mass is 10.1. The lowest BCUT2D eigenvalue weighted by Gasteiger charge is -2.29. The van der Waals surface area contributed by atoms with Crippen molar-refractivity contribution in [1.82, 2.24) is 4.90 Å². The Kier molecular flexibility index (Phi) is 4.48. The summed E-state index contributed by atoms with van der Waals surface area (Å²) >= 11 is 0. The summed E-state index contributed by atoms with van der Waals surface area (Å²) < 4.78 is 10.7. The molecule has 5 heteroatoms. The first kappa shape index (κ1) is 15.8. The van der Waals surface area contributed by atoms with Gasteiger partial charge in [-0.3, -0.25) is 4.90 Å². The van der Waals surface area contributed by atoms with E-state index in [1.165, 1.54) is 4.90 Å². The van der Waals surface area contributed by atoms with E-state index in [1.807, 2.05) is 41.5 Å². The van der Waals surface area contributed by atoms with Gasteiger partial charge in [0.25, 0.3) is 0 Å². The SMILES string of the molecule is CC(C)(C)OC(=O)C1CCCN1C(=O)OC(C)(C)C. The van der Waals surface area contributed by atoms with Gasteiger partial charge in [-0.2, -0.15) is 0 Å². The summed E-state index contributed by atoms with van der Waals surface area (Å²) in [5.41, 5.74) is -1.10. The monoisotopic (exact) mass is 271 g/mol. The summed E-state index contributed by atoms with van der Waals surface area (Å²) in [6.45, 7) is 11.4. The number of esters is 1. The van der Waals surface area contributed by atoms with E-state index in [4.69, 9.17) is 9.47 Å². The summed E-state index contributed by atoms with van der Waals surface area (Å²) in [7, 11) is 0. The van der Waals surface area contributed by atoms with E-state index in [0.717, 1.165) is 6.42 Å². The van der Waals surface area contributed by atoms with Crippen LogP contribution in [0.2, 0.25) is 0 Å². The summed E-state index contributed by atoms with van der Waals surface area (Å²) in [6, 6.07) is -0.519. The Morgan fingerprint density at radius 2 is 1.53 bits per heavy atom. The minimum absolute atomic E-state index is 0.351. The smallest absolute Gasteiger partial charge is 0.411 e. The van der Waals surface area contributed by atoms with Gasteiger partial charge in [0.05, 0.1) is 0 Å². The highest BCUT2D eigenvalue weighted by atomic mass is 16.6. The van der Waals surface area contributed by atoms with Crippen molar-refractivity contribution in [3.05, 3.63) is 0 Å². The minimum atomic E-state index is -0.557. The molecule has 5 nitrogen and oxygen atoms in total. The molecule has 0 aliphatic carbocycles. The minimum Gasteiger partial charge on any atom is -0.458 e. The third kappa shape index (κ3) is 5.09. The fourth-order valence-electron chi connectivity index (χ4n) is 1.92. The van der Waals surface area contributed by atoms with Gasteiger partial charge in [0.1, 0.15) is 17.2 Å². The number of likely N-dealkylation sites (tertiary alicyclic amines) is 1. The molecule has 1 atom stereocenters. The second kappa shape index (κ2) is 5.39. The molecule has 0 aromatic heterocycles. The van der Waals surface area contributed by atoms with Crippen LogP contribution in [-0.4, -0.2) is 40.8 Å². The third-order valence-corrected chi connectivity index (χ3v) is 2.56. The fourth-order valence-corrected chi connectivity index (χ4v) is 1.92. The summed E-state index contributed by atoms with van der Waals surface area (Å²) in [5.74, 6) is -0.351. The molecule has 1 heterocycles. The molecule has 1 amide bonds. The van der Waals surface area contributed by atoms with Crippen LogP contribution in [0.1, 0.15) is 54.4 Å². The normalized spacial score (nSPS) is 20.3. The topological polar surface area (TPSA) is 55.8 Å². The molecule has 1 aliphatic rings. The van der Waals surface area contributed by atoms with Gasteiger partial charge >= 0.3 is 12.1 Å². The second-order valence-corrected chi connectivity index (χ2v) is 6.87. The van der Waals surface area contributed by atoms with Gasteiger partial charge in [0.2, 0.25) is 0 Å². The van der Waals surface area contributed by atoms with Gasteiger partial charge in [0.15, 0.2) is 0 Å². The number of hydrogen-bond acceptors (Lipinski definition) is 4. The first-order valence-electron chi connectivity index (χ1n) is 6.72. The zero-order valence-corrected chi connectivity index (χ0v) is 12.8. The average molecular weight is 271 g/mol. The molecule has 1 unspecified atom stereocenters. The van der Waals surface area contributed by atoms with Crippen molar-refractivity contribution in [3.63, 3.8) is 0 Å². The van der Waals surface area contributed by atoms with Gasteiger partial charge < -0.3 is 9.47 Å². The van der Waals surface area contributed by atoms with Crippen molar-refractivity contribution in [1.29, 1.82) is 0 Å². The Hall–Kier alpha value is -1.26. The number of amides is 1. The zero-order chi connectivity index (χ0) is 14.8. The van der Waals surface area contributed by atoms with Crippen molar-refractivity contribution in [2.45, 2.75) is 71.6 Å². The van der Waals surface area contributed by atoms with Crippen LogP contribution < -0.4 is 0 Å². The lowest BCUT2D eigenvalue weighted by Crippen LogP contribution is -2.45. The molecule has 19 heavy (non-hydrogen) atoms. The van der Waals surface area contributed by atoms with E-state index in [9.17, 15) is 9.59 Å². The summed E-state index contributed by atoms with van der Waals surface area (Å²) in [5, 5.41) is 0. The van der Waals surface area contributed by atoms with E-state index in [1.54, 1.807) is 0 Å². The highest BCUT2D eigenvalue weighted by Gasteiger charge is 2.38. The van der Waals surface area contributed by atoms with Gasteiger partial charge in [-0.25, -0.2) is 9.59 Å². The Morgan fingerprint density at radius 1 is 1.00 bits per heavy atom. The van der Waals surface area contributed by atoms with Crippen LogP contribution in [0.15, 0.2) is 0 Å². The molecule has 0 aromatic carbocycles. The maximum atomic E-state index is 12.1. The highest BCUT2D eigenvalue weighted by Crippen LogP contribution is 2.23. The van der Waals surface area contributed by atoms with Crippen LogP contribution in [0.3, 0.4) is 0 Å². The Labute approximate surface area is 115 Å². The third-order valence-electron chi connectivity index (χ3n) is 2.56. The van der Waals surface area contributed by atoms with E-state index < -0.39 is 23.3 Å². The quantitative estimate of drug-likeness (QED) is 0.688. The molecule has 1 saturated heterocycles. The Balaban J connectivity index is 2.69. The van der Waals surface area contributed by atoms with Crippen molar-refractivity contribution < 1.29 is 19.1 Å². The number of carbonyl (C=O) groups is 2. The van der Waals surface area contributed by atoms with Crippen LogP contribution in [0.25, 0.3) is 0 Å². The molecule has 1 fully saturated rings. The fraction of sp³-hybridized carbons (Fsp3) is 0.857. The summed E-state index contributed by atoms with van der Waals surface area (Å²) in [6.07, 6.45) is 0.984. The maximum absolute atomic E-state index is 12.1. The number of ether oxygens (including phenoxy) is 2. The molecule has 1 rings (SSSR count). The molecular formula is C14H25NO4. The van der Waals surface area contributed by atoms with Crippen molar-refractivity contribution in [2.75, 3.05) is 6.54 Å². The number of carbonyl (C=O) groups excluding carboxylic acids is 2. The van der Waals surface area contributed by atoms with Crippen LogP contribution in [0, 0.1) is 0 Å². The highest BCUT2D eigenvalue weighted by molar-refractivity contribution is 5.82. The molecule has 0 saturated carbocycles. The molecule has 0 spiro atoms. The molecule has 1 aliphatic heterocycles. The average Bonchev–Trinajstić information content (AvgIpc) is 2.59. The molecular weight excluding hydrogens is 246 g/mol. The summed E-state index contributed by atoms with van der Waals surface area (Å²) in [4.78, 5) is 25.6. The standard InChI is InChI=1S/C14H25NO4/c1-13(2,3)18-11(16)10-8-7-9-15(10)12(17)19-14(4,5)6/h10H,7-9H2,1-6H3. The lowest BCUT2D eigenvalue weighted by molar-refractivity contribution is -0.160. The van der Waals surface area contributed by atoms with Gasteiger partial charge in [-0.15, -0.1) is 0 Å². The molecule has 0 aromatic rings. The van der Waals surface area contributed by atoms with Gasteiger partial charge in [0, 0.05) is 6.54 Å². The van der Waals surface area contributed by atoms with Gasteiger partial charge in [-0.05, 0) is 54.4 Å². The van der Waals surface area contributed by atoms with Crippen LogP contribution in [0.5, 0.6) is 0 Å². The van der Waals surface area contributed by atoms with Crippen molar-refractivity contribution in [3.8, 4) is 0 Å². The van der Waals surface area contributed by atoms with E-state index in [-0.39, 0.29) is 5.97 Å². The van der Waals surface area contributed by atoms with Gasteiger partial charge in [-0.1, -0.05) is 0 Å². The molecule has 0 radical (unpaired) electrons. The largest absolute Gasteiger partial charge is 0.458 e. The Bertz CT molecular complexity index is 317.